The maximum absolute atomic E-state index is 12.0. The van der Waals surface area contributed by atoms with Gasteiger partial charge in [0, 0.05) is 4.88 Å². The van der Waals surface area contributed by atoms with Gasteiger partial charge in [-0.15, -0.1) is 11.3 Å². The Morgan fingerprint density at radius 2 is 2.29 bits per heavy atom. The van der Waals surface area contributed by atoms with Crippen molar-refractivity contribution >= 4 is 22.4 Å². The monoisotopic (exact) mass is 266 g/mol. The number of nitrogens with zero attached hydrogens (tertiary/aromatic N) is 1. The molecule has 4 nitrogen and oxygen atoms in total. The number of nitrogens with one attached hydrogen (secondary N) is 1. The Morgan fingerprint density at radius 1 is 1.59 bits per heavy atom. The van der Waals surface area contributed by atoms with Gasteiger partial charge in [-0.2, -0.15) is 13.2 Å². The Morgan fingerprint density at radius 3 is 2.88 bits per heavy atom. The largest absolute Gasteiger partial charge is 0.481 e. The molecular formula is C9H9F3N2O2S. The number of aliphatic carboxylic acids is 1. The summed E-state index contributed by atoms with van der Waals surface area (Å²) in [5, 5.41) is 11.2. The lowest BCUT2D eigenvalue weighted by molar-refractivity contribution is -0.138. The number of carbonyl (C=O) groups is 1. The van der Waals surface area contributed by atoms with Crippen LogP contribution in [-0.2, 0) is 11.2 Å². The van der Waals surface area contributed by atoms with Crippen LogP contribution in [-0.4, -0.2) is 28.8 Å². The standard InChI is InChI=1S/C9H9F3N2O2S/c10-9(11,12)3-13-8-14-6-4(7(15)16)1-2-5(6)17-8/h4H,1-3H2,(H,13,14)(H,15,16). The number of anilines is 1. The number of hydrogen-bond acceptors (Lipinski definition) is 4. The van der Waals surface area contributed by atoms with Crippen LogP contribution < -0.4 is 5.32 Å². The molecule has 0 bridgehead atoms. The number of carboxylic acid groups (broad SMARTS) is 1. The summed E-state index contributed by atoms with van der Waals surface area (Å²) >= 11 is 1.10. The third-order valence-electron chi connectivity index (χ3n) is 2.46. The van der Waals surface area contributed by atoms with Gasteiger partial charge in [-0.25, -0.2) is 4.98 Å². The van der Waals surface area contributed by atoms with Crippen LogP contribution in [0.5, 0.6) is 0 Å². The number of alkyl halides is 3. The van der Waals surface area contributed by atoms with Gasteiger partial charge in [0.1, 0.15) is 12.5 Å². The predicted molar refractivity (Wildman–Crippen MR) is 55.4 cm³/mol. The number of hydrogen-bond donors (Lipinski definition) is 2. The zero-order valence-corrected chi connectivity index (χ0v) is 9.36. The average molecular weight is 266 g/mol. The van der Waals surface area contributed by atoms with Gasteiger partial charge in [0.25, 0.3) is 0 Å². The lowest BCUT2D eigenvalue weighted by Gasteiger charge is -2.06. The van der Waals surface area contributed by atoms with Gasteiger partial charge in [0.15, 0.2) is 5.13 Å². The zero-order chi connectivity index (χ0) is 12.6. The second-order valence-corrected chi connectivity index (χ2v) is 4.81. The van der Waals surface area contributed by atoms with E-state index in [-0.39, 0.29) is 5.13 Å². The summed E-state index contributed by atoms with van der Waals surface area (Å²) in [5.74, 6) is -1.65. The fourth-order valence-electron chi connectivity index (χ4n) is 1.72. The Labute approximate surface area is 98.5 Å². The highest BCUT2D eigenvalue weighted by Crippen LogP contribution is 2.38. The summed E-state index contributed by atoms with van der Waals surface area (Å²) in [6, 6.07) is 0. The maximum Gasteiger partial charge on any atom is 0.405 e. The molecule has 1 aliphatic carbocycles. The highest BCUT2D eigenvalue weighted by molar-refractivity contribution is 7.15. The van der Waals surface area contributed by atoms with E-state index in [4.69, 9.17) is 5.11 Å². The van der Waals surface area contributed by atoms with E-state index >= 15 is 0 Å². The Kier molecular flexibility index (Phi) is 2.98. The van der Waals surface area contributed by atoms with Crippen LogP contribution in [0, 0.1) is 0 Å². The number of fused-ring (bicyclic) bond motifs is 1. The van der Waals surface area contributed by atoms with Crippen molar-refractivity contribution in [3.05, 3.63) is 10.6 Å². The smallest absolute Gasteiger partial charge is 0.405 e. The van der Waals surface area contributed by atoms with Crippen molar-refractivity contribution in [3.63, 3.8) is 0 Å². The lowest BCUT2D eigenvalue weighted by Crippen LogP contribution is -2.21. The van der Waals surface area contributed by atoms with E-state index in [0.29, 0.717) is 18.5 Å². The van der Waals surface area contributed by atoms with E-state index in [1.165, 1.54) is 0 Å². The molecule has 0 spiro atoms. The topological polar surface area (TPSA) is 62.2 Å². The van der Waals surface area contributed by atoms with Crippen LogP contribution in [0.25, 0.3) is 0 Å². The van der Waals surface area contributed by atoms with E-state index in [1.807, 2.05) is 0 Å². The van der Waals surface area contributed by atoms with Gasteiger partial charge < -0.3 is 10.4 Å². The predicted octanol–water partition coefficient (Wildman–Crippen LogP) is 2.23. The van der Waals surface area contributed by atoms with Crippen molar-refractivity contribution in [3.8, 4) is 0 Å². The summed E-state index contributed by atoms with van der Waals surface area (Å²) in [7, 11) is 0. The van der Waals surface area contributed by atoms with Gasteiger partial charge in [-0.3, -0.25) is 4.79 Å². The molecule has 1 aromatic heterocycles. The molecule has 1 heterocycles. The second kappa shape index (κ2) is 4.17. The number of carboxylic acids is 1. The first kappa shape index (κ1) is 12.2. The number of aromatic nitrogens is 1. The van der Waals surface area contributed by atoms with Crippen molar-refractivity contribution in [2.45, 2.75) is 24.9 Å². The molecule has 1 atom stereocenters. The molecule has 17 heavy (non-hydrogen) atoms. The second-order valence-electron chi connectivity index (χ2n) is 3.73. The van der Waals surface area contributed by atoms with E-state index in [9.17, 15) is 18.0 Å². The fourth-order valence-corrected chi connectivity index (χ4v) is 2.75. The third kappa shape index (κ3) is 2.68. The number of aryl methyl sites for hydroxylation is 1. The summed E-state index contributed by atoms with van der Waals surface area (Å²) in [5.41, 5.74) is 0.409. The van der Waals surface area contributed by atoms with Crippen LogP contribution >= 0.6 is 11.3 Å². The summed E-state index contributed by atoms with van der Waals surface area (Å²) in [6.45, 7) is -1.16. The van der Waals surface area contributed by atoms with Crippen molar-refractivity contribution < 1.29 is 23.1 Å². The van der Waals surface area contributed by atoms with Gasteiger partial charge in [0.05, 0.1) is 5.69 Å². The first-order chi connectivity index (χ1) is 7.87. The van der Waals surface area contributed by atoms with Gasteiger partial charge in [-0.05, 0) is 12.8 Å². The van der Waals surface area contributed by atoms with Crippen LogP contribution in [0.4, 0.5) is 18.3 Å². The van der Waals surface area contributed by atoms with E-state index < -0.39 is 24.6 Å². The first-order valence-corrected chi connectivity index (χ1v) is 5.71. The van der Waals surface area contributed by atoms with E-state index in [2.05, 4.69) is 10.3 Å². The molecule has 0 fully saturated rings. The quantitative estimate of drug-likeness (QED) is 0.880. The van der Waals surface area contributed by atoms with Crippen LogP contribution in [0.15, 0.2) is 0 Å². The highest BCUT2D eigenvalue weighted by atomic mass is 32.1. The minimum absolute atomic E-state index is 0.137. The normalized spacial score (nSPS) is 19.1. The number of thiazole rings is 1. The van der Waals surface area contributed by atoms with Gasteiger partial charge in [-0.1, -0.05) is 0 Å². The Balaban J connectivity index is 2.09. The Hall–Kier alpha value is -1.31. The van der Waals surface area contributed by atoms with Crippen molar-refractivity contribution in [2.24, 2.45) is 0 Å². The summed E-state index contributed by atoms with van der Waals surface area (Å²) in [6.07, 6.45) is -3.26. The van der Waals surface area contributed by atoms with Crippen LogP contribution in [0.2, 0.25) is 0 Å². The highest BCUT2D eigenvalue weighted by Gasteiger charge is 2.33. The number of rotatable bonds is 3. The Bertz CT molecular complexity index is 444. The molecule has 1 aromatic rings. The lowest BCUT2D eigenvalue weighted by atomic mass is 10.1. The van der Waals surface area contributed by atoms with E-state index in [0.717, 1.165) is 16.2 Å². The van der Waals surface area contributed by atoms with Gasteiger partial charge >= 0.3 is 12.1 Å². The molecule has 0 saturated carbocycles. The molecule has 8 heteroatoms. The van der Waals surface area contributed by atoms with Crippen molar-refractivity contribution in [1.82, 2.24) is 4.98 Å². The van der Waals surface area contributed by atoms with Crippen molar-refractivity contribution in [1.29, 1.82) is 0 Å². The molecule has 0 radical (unpaired) electrons. The molecule has 0 aromatic carbocycles. The molecule has 0 amide bonds. The molecule has 2 rings (SSSR count). The summed E-state index contributed by atoms with van der Waals surface area (Å²) < 4.78 is 35.9. The third-order valence-corrected chi connectivity index (χ3v) is 3.54. The average Bonchev–Trinajstić information content (AvgIpc) is 2.70. The first-order valence-electron chi connectivity index (χ1n) is 4.90. The van der Waals surface area contributed by atoms with Gasteiger partial charge in [0.2, 0.25) is 0 Å². The SMILES string of the molecule is O=C(O)C1CCc2sc(NCC(F)(F)F)nc21. The number of halogens is 3. The van der Waals surface area contributed by atoms with Crippen LogP contribution in [0.3, 0.4) is 0 Å². The molecular weight excluding hydrogens is 257 g/mol. The minimum atomic E-state index is -4.30. The molecule has 0 saturated heterocycles. The molecule has 0 aliphatic heterocycles. The molecule has 1 aliphatic rings. The minimum Gasteiger partial charge on any atom is -0.481 e. The zero-order valence-electron chi connectivity index (χ0n) is 8.54. The molecule has 1 unspecified atom stereocenters. The van der Waals surface area contributed by atoms with Crippen molar-refractivity contribution in [2.75, 3.05) is 11.9 Å². The summed E-state index contributed by atoms with van der Waals surface area (Å²) in [4.78, 5) is 15.5. The fraction of sp³-hybridized carbons (Fsp3) is 0.556. The van der Waals surface area contributed by atoms with E-state index in [1.54, 1.807) is 0 Å². The molecule has 2 N–H and O–H groups in total. The van der Waals surface area contributed by atoms with Crippen LogP contribution in [0.1, 0.15) is 22.9 Å². The molecule has 94 valence electrons. The maximum atomic E-state index is 12.0.